The van der Waals surface area contributed by atoms with Gasteiger partial charge >= 0.3 is 11.9 Å². The summed E-state index contributed by atoms with van der Waals surface area (Å²) in [7, 11) is 0. The Morgan fingerprint density at radius 3 is 2.29 bits per heavy atom. The molecule has 92 valence electrons. The predicted octanol–water partition coefficient (Wildman–Crippen LogP) is 2.99. The molecule has 5 heteroatoms. The average Bonchev–Trinajstić information content (AvgIpc) is 2.14. The highest BCUT2D eigenvalue weighted by Gasteiger charge is 2.20. The highest BCUT2D eigenvalue weighted by Crippen LogP contribution is 2.21. The van der Waals surface area contributed by atoms with Crippen LogP contribution in [0.2, 0.25) is 5.02 Å². The van der Waals surface area contributed by atoms with Crippen LogP contribution in [0.4, 0.5) is 0 Å². The smallest absolute Gasteiger partial charge is 0.340 e. The quantitative estimate of drug-likeness (QED) is 0.826. The van der Waals surface area contributed by atoms with Crippen molar-refractivity contribution in [2.24, 2.45) is 0 Å². The van der Waals surface area contributed by atoms with Gasteiger partial charge in [-0.05, 0) is 39.0 Å². The van der Waals surface area contributed by atoms with Gasteiger partial charge in [-0.3, -0.25) is 0 Å². The van der Waals surface area contributed by atoms with Gasteiger partial charge < -0.3 is 9.84 Å². The maximum Gasteiger partial charge on any atom is 0.340 e. The Hall–Kier alpha value is -1.55. The SMILES string of the molecule is CC(C)(C)OC(=O)c1ccc(C(=O)O)cc1Cl. The summed E-state index contributed by atoms with van der Waals surface area (Å²) in [6.07, 6.45) is 0. The summed E-state index contributed by atoms with van der Waals surface area (Å²) >= 11 is 5.83. The molecule has 4 nitrogen and oxygen atoms in total. The van der Waals surface area contributed by atoms with Gasteiger partial charge in [-0.1, -0.05) is 11.6 Å². The summed E-state index contributed by atoms with van der Waals surface area (Å²) in [5.41, 5.74) is -0.430. The summed E-state index contributed by atoms with van der Waals surface area (Å²) in [4.78, 5) is 22.4. The second kappa shape index (κ2) is 4.75. The molecule has 0 spiro atoms. The van der Waals surface area contributed by atoms with E-state index in [0.29, 0.717) is 0 Å². The number of aromatic carboxylic acids is 1. The molecule has 1 rings (SSSR count). The Bertz CT molecular complexity index is 460. The van der Waals surface area contributed by atoms with Crippen molar-refractivity contribution in [3.63, 3.8) is 0 Å². The minimum atomic E-state index is -1.09. The molecule has 0 aromatic heterocycles. The van der Waals surface area contributed by atoms with Crippen molar-refractivity contribution in [2.45, 2.75) is 26.4 Å². The first-order valence-corrected chi connectivity index (χ1v) is 5.35. The highest BCUT2D eigenvalue weighted by molar-refractivity contribution is 6.33. The van der Waals surface area contributed by atoms with Gasteiger partial charge in [0.15, 0.2) is 0 Å². The van der Waals surface area contributed by atoms with Crippen molar-refractivity contribution in [2.75, 3.05) is 0 Å². The summed E-state index contributed by atoms with van der Waals surface area (Å²) in [6.45, 7) is 5.22. The third-order valence-electron chi connectivity index (χ3n) is 1.83. The number of carboxylic acids is 1. The molecule has 1 aromatic carbocycles. The number of ether oxygens (including phenoxy) is 1. The molecule has 0 fully saturated rings. The molecule has 0 radical (unpaired) electrons. The Labute approximate surface area is 104 Å². The normalized spacial score (nSPS) is 11.1. The van der Waals surface area contributed by atoms with Crippen LogP contribution >= 0.6 is 11.6 Å². The topological polar surface area (TPSA) is 63.6 Å². The summed E-state index contributed by atoms with van der Waals surface area (Å²) in [6, 6.07) is 3.89. The predicted molar refractivity (Wildman–Crippen MR) is 63.6 cm³/mol. The third kappa shape index (κ3) is 3.75. The van der Waals surface area contributed by atoms with Crippen molar-refractivity contribution < 1.29 is 19.4 Å². The van der Waals surface area contributed by atoms with Crippen molar-refractivity contribution in [3.05, 3.63) is 34.3 Å². The molecule has 0 bridgehead atoms. The van der Waals surface area contributed by atoms with E-state index < -0.39 is 17.5 Å². The first-order valence-electron chi connectivity index (χ1n) is 4.97. The van der Waals surface area contributed by atoms with Crippen molar-refractivity contribution in [3.8, 4) is 0 Å². The minimum Gasteiger partial charge on any atom is -0.478 e. The number of carbonyl (C=O) groups excluding carboxylic acids is 1. The zero-order valence-electron chi connectivity index (χ0n) is 9.78. The molecule has 0 amide bonds. The van der Waals surface area contributed by atoms with Gasteiger partial charge in [0.2, 0.25) is 0 Å². The van der Waals surface area contributed by atoms with Crippen LogP contribution in [0.25, 0.3) is 0 Å². The van der Waals surface area contributed by atoms with Crippen molar-refractivity contribution in [1.29, 1.82) is 0 Å². The summed E-state index contributed by atoms with van der Waals surface area (Å²) < 4.78 is 5.13. The molecule has 1 N–H and O–H groups in total. The molecule has 1 aromatic rings. The molecule has 0 saturated carbocycles. The molecular formula is C12H13ClO4. The maximum absolute atomic E-state index is 11.7. The minimum absolute atomic E-state index is 0.0299. The lowest BCUT2D eigenvalue weighted by Crippen LogP contribution is -2.24. The molecular weight excluding hydrogens is 244 g/mol. The standard InChI is InChI=1S/C12H13ClO4/c1-12(2,3)17-11(16)8-5-4-7(10(14)15)6-9(8)13/h4-6H,1-3H3,(H,14,15). The van der Waals surface area contributed by atoms with Gasteiger partial charge in [0.25, 0.3) is 0 Å². The number of hydrogen-bond donors (Lipinski definition) is 1. The van der Waals surface area contributed by atoms with E-state index in [1.54, 1.807) is 20.8 Å². The average molecular weight is 257 g/mol. The van der Waals surface area contributed by atoms with E-state index in [9.17, 15) is 9.59 Å². The van der Waals surface area contributed by atoms with Gasteiger partial charge in [0, 0.05) is 0 Å². The second-order valence-corrected chi connectivity index (χ2v) is 4.91. The second-order valence-electron chi connectivity index (χ2n) is 4.50. The zero-order chi connectivity index (χ0) is 13.2. The van der Waals surface area contributed by atoms with E-state index in [-0.39, 0.29) is 16.1 Å². The fourth-order valence-electron chi connectivity index (χ4n) is 1.15. The highest BCUT2D eigenvalue weighted by atomic mass is 35.5. The molecule has 0 heterocycles. The van der Waals surface area contributed by atoms with Crippen LogP contribution < -0.4 is 0 Å². The first kappa shape index (κ1) is 13.5. The maximum atomic E-state index is 11.7. The Balaban J connectivity index is 3.00. The van der Waals surface area contributed by atoms with E-state index in [1.165, 1.54) is 18.2 Å². The van der Waals surface area contributed by atoms with Crippen LogP contribution in [0.1, 0.15) is 41.5 Å². The molecule has 0 unspecified atom stereocenters. The lowest BCUT2D eigenvalue weighted by atomic mass is 10.1. The summed E-state index contributed by atoms with van der Waals surface area (Å²) in [5, 5.41) is 8.82. The number of rotatable bonds is 2. The number of esters is 1. The number of carbonyl (C=O) groups is 2. The number of benzene rings is 1. The van der Waals surface area contributed by atoms with E-state index in [1.807, 2.05) is 0 Å². The number of carboxylic acid groups (broad SMARTS) is 1. The fourth-order valence-corrected chi connectivity index (χ4v) is 1.40. The van der Waals surface area contributed by atoms with Gasteiger partial charge in [0.1, 0.15) is 5.60 Å². The summed E-state index contributed by atoms with van der Waals surface area (Å²) in [5.74, 6) is -1.66. The van der Waals surface area contributed by atoms with Crippen LogP contribution in [0.5, 0.6) is 0 Å². The van der Waals surface area contributed by atoms with Crippen molar-refractivity contribution >= 4 is 23.5 Å². The fraction of sp³-hybridized carbons (Fsp3) is 0.333. The monoisotopic (exact) mass is 256 g/mol. The largest absolute Gasteiger partial charge is 0.478 e. The lowest BCUT2D eigenvalue weighted by Gasteiger charge is -2.19. The molecule has 0 aliphatic heterocycles. The molecule has 0 aliphatic carbocycles. The van der Waals surface area contributed by atoms with Crippen LogP contribution in [-0.4, -0.2) is 22.6 Å². The van der Waals surface area contributed by atoms with Gasteiger partial charge in [0.05, 0.1) is 16.1 Å². The van der Waals surface area contributed by atoms with Crippen LogP contribution in [0.15, 0.2) is 18.2 Å². The Morgan fingerprint density at radius 2 is 1.88 bits per heavy atom. The van der Waals surface area contributed by atoms with Crippen molar-refractivity contribution in [1.82, 2.24) is 0 Å². The lowest BCUT2D eigenvalue weighted by molar-refractivity contribution is 0.00693. The molecule has 0 saturated heterocycles. The van der Waals surface area contributed by atoms with Gasteiger partial charge in [-0.15, -0.1) is 0 Å². The molecule has 17 heavy (non-hydrogen) atoms. The van der Waals surface area contributed by atoms with Crippen LogP contribution in [-0.2, 0) is 4.74 Å². The molecule has 0 aliphatic rings. The van der Waals surface area contributed by atoms with Crippen LogP contribution in [0, 0.1) is 0 Å². The Kier molecular flexibility index (Phi) is 3.78. The van der Waals surface area contributed by atoms with E-state index >= 15 is 0 Å². The van der Waals surface area contributed by atoms with E-state index in [0.717, 1.165) is 0 Å². The van der Waals surface area contributed by atoms with Gasteiger partial charge in [-0.25, -0.2) is 9.59 Å². The molecule has 0 atom stereocenters. The van der Waals surface area contributed by atoms with E-state index in [2.05, 4.69) is 0 Å². The van der Waals surface area contributed by atoms with Crippen LogP contribution in [0.3, 0.4) is 0 Å². The zero-order valence-corrected chi connectivity index (χ0v) is 10.5. The van der Waals surface area contributed by atoms with E-state index in [4.69, 9.17) is 21.4 Å². The first-order chi connectivity index (χ1) is 7.70. The Morgan fingerprint density at radius 1 is 1.29 bits per heavy atom. The third-order valence-corrected chi connectivity index (χ3v) is 2.15. The van der Waals surface area contributed by atoms with Gasteiger partial charge in [-0.2, -0.15) is 0 Å². The number of hydrogen-bond acceptors (Lipinski definition) is 3. The number of halogens is 1.